The van der Waals surface area contributed by atoms with Crippen molar-refractivity contribution in [1.29, 1.82) is 0 Å². The van der Waals surface area contributed by atoms with E-state index in [1.807, 2.05) is 6.07 Å². The van der Waals surface area contributed by atoms with E-state index in [4.69, 9.17) is 4.74 Å². The van der Waals surface area contributed by atoms with Gasteiger partial charge < -0.3 is 24.8 Å². The largest absolute Gasteiger partial charge is 0.375 e. The quantitative estimate of drug-likeness (QED) is 0.523. The van der Waals surface area contributed by atoms with Crippen molar-refractivity contribution < 1.29 is 28.7 Å². The molecule has 3 heterocycles. The molecule has 11 heteroatoms. The number of thiophene rings is 1. The van der Waals surface area contributed by atoms with Crippen molar-refractivity contribution in [2.45, 2.75) is 51.1 Å². The standard InChI is InChI=1S/C30H38N4O6S/c1-21(35)26-15-22(20-41-26)16-27(36)34-18-24-17-25(34)29(38)31-11-6-7-12-32(28(37)19-40-2)13-8-14-33(24)30(39)23-9-4-3-5-10-23/h3-5,9-10,15,20,24-25H,6-8,11-14,16-19H2,1-2H3,(H,31,38)/t24-,25-/m0/s1. The molecule has 2 atom stereocenters. The zero-order valence-electron chi connectivity index (χ0n) is 23.7. The lowest BCUT2D eigenvalue weighted by Crippen LogP contribution is -2.46. The van der Waals surface area contributed by atoms with Crippen LogP contribution in [0.25, 0.3) is 0 Å². The van der Waals surface area contributed by atoms with Crippen LogP contribution in [-0.2, 0) is 25.5 Å². The summed E-state index contributed by atoms with van der Waals surface area (Å²) in [4.78, 5) is 70.8. The molecule has 2 aliphatic heterocycles. The van der Waals surface area contributed by atoms with E-state index < -0.39 is 6.04 Å². The summed E-state index contributed by atoms with van der Waals surface area (Å²) in [6, 6.07) is 9.62. The molecule has 41 heavy (non-hydrogen) atoms. The molecule has 0 aliphatic carbocycles. The summed E-state index contributed by atoms with van der Waals surface area (Å²) in [7, 11) is 1.49. The SMILES string of the molecule is COCC(=O)N1CCCCNC(=O)[C@@H]2C[C@@H](CN2C(=O)Cc2csc(C(C)=O)c2)N(C(=O)c2ccccc2)CCC1. The number of rotatable bonds is 6. The van der Waals surface area contributed by atoms with Crippen molar-refractivity contribution in [2.75, 3.05) is 46.4 Å². The molecule has 0 saturated carbocycles. The number of likely N-dealkylation sites (tertiary alicyclic amines) is 1. The van der Waals surface area contributed by atoms with Crippen LogP contribution in [0.4, 0.5) is 0 Å². The van der Waals surface area contributed by atoms with Crippen molar-refractivity contribution in [3.8, 4) is 0 Å². The normalized spacial score (nSPS) is 20.3. The smallest absolute Gasteiger partial charge is 0.254 e. The van der Waals surface area contributed by atoms with Gasteiger partial charge in [0, 0.05) is 45.4 Å². The molecule has 2 bridgehead atoms. The van der Waals surface area contributed by atoms with Crippen LogP contribution in [0.2, 0.25) is 0 Å². The van der Waals surface area contributed by atoms with Crippen LogP contribution < -0.4 is 5.32 Å². The third-order valence-corrected chi connectivity index (χ3v) is 8.66. The lowest BCUT2D eigenvalue weighted by Gasteiger charge is -2.31. The summed E-state index contributed by atoms with van der Waals surface area (Å²) in [5, 5.41) is 4.77. The number of hydrogen-bond donors (Lipinski definition) is 1. The number of hydrogen-bond acceptors (Lipinski definition) is 7. The van der Waals surface area contributed by atoms with E-state index in [0.717, 1.165) is 5.56 Å². The van der Waals surface area contributed by atoms with Crippen molar-refractivity contribution in [3.05, 3.63) is 57.8 Å². The van der Waals surface area contributed by atoms with E-state index in [0.29, 0.717) is 62.3 Å². The van der Waals surface area contributed by atoms with E-state index in [1.165, 1.54) is 25.4 Å². The molecule has 2 saturated heterocycles. The fourth-order valence-electron chi connectivity index (χ4n) is 5.45. The first-order chi connectivity index (χ1) is 19.8. The number of Topliss-reactive ketones (excluding diaryl/α,β-unsaturated/α-hetero) is 1. The number of nitrogens with zero attached hydrogens (tertiary/aromatic N) is 3. The fraction of sp³-hybridized carbons (Fsp3) is 0.500. The van der Waals surface area contributed by atoms with Crippen LogP contribution in [0.1, 0.15) is 58.2 Å². The van der Waals surface area contributed by atoms with Crippen LogP contribution in [0, 0.1) is 0 Å². The first kappa shape index (κ1) is 30.4. The van der Waals surface area contributed by atoms with Gasteiger partial charge in [0.15, 0.2) is 5.78 Å². The number of ketones is 1. The lowest BCUT2D eigenvalue weighted by molar-refractivity contribution is -0.138. The van der Waals surface area contributed by atoms with Crippen LogP contribution in [0.5, 0.6) is 0 Å². The number of ether oxygens (including phenoxy) is 1. The van der Waals surface area contributed by atoms with Gasteiger partial charge in [-0.2, -0.15) is 0 Å². The zero-order chi connectivity index (χ0) is 29.4. The van der Waals surface area contributed by atoms with E-state index in [9.17, 15) is 24.0 Å². The molecule has 2 fully saturated rings. The van der Waals surface area contributed by atoms with Gasteiger partial charge in [-0.25, -0.2) is 0 Å². The number of amides is 4. The molecular formula is C30H38N4O6S. The summed E-state index contributed by atoms with van der Waals surface area (Å²) < 4.78 is 5.06. The maximum absolute atomic E-state index is 13.8. The number of nitrogens with one attached hydrogen (secondary N) is 1. The second kappa shape index (κ2) is 14.4. The molecule has 0 unspecified atom stereocenters. The van der Waals surface area contributed by atoms with Crippen LogP contribution in [0.3, 0.4) is 0 Å². The Bertz CT molecular complexity index is 1250. The Balaban J connectivity index is 1.59. The maximum atomic E-state index is 13.8. The van der Waals surface area contributed by atoms with Gasteiger partial charge in [-0.05, 0) is 61.7 Å². The number of benzene rings is 1. The average Bonchev–Trinajstić information content (AvgIpc) is 3.62. The molecule has 0 radical (unpaired) electrons. The van der Waals surface area contributed by atoms with E-state index in [-0.39, 0.29) is 55.0 Å². The predicted molar refractivity (Wildman–Crippen MR) is 155 cm³/mol. The van der Waals surface area contributed by atoms with Crippen molar-refractivity contribution in [3.63, 3.8) is 0 Å². The Hall–Kier alpha value is -3.57. The summed E-state index contributed by atoms with van der Waals surface area (Å²) in [6.07, 6.45) is 2.34. The second-order valence-electron chi connectivity index (χ2n) is 10.5. The second-order valence-corrected chi connectivity index (χ2v) is 11.4. The highest BCUT2D eigenvalue weighted by Crippen LogP contribution is 2.27. The molecule has 1 N–H and O–H groups in total. The molecule has 1 aromatic carbocycles. The lowest BCUT2D eigenvalue weighted by atomic mass is 10.1. The molecule has 0 spiro atoms. The molecule has 10 nitrogen and oxygen atoms in total. The molecule has 1 aromatic heterocycles. The van der Waals surface area contributed by atoms with E-state index in [1.54, 1.807) is 50.4 Å². The first-order valence-electron chi connectivity index (χ1n) is 14.1. The van der Waals surface area contributed by atoms with Gasteiger partial charge in [0.1, 0.15) is 12.6 Å². The van der Waals surface area contributed by atoms with Gasteiger partial charge in [-0.15, -0.1) is 11.3 Å². The number of carbonyl (C=O) groups is 5. The number of carbonyl (C=O) groups excluding carboxylic acids is 5. The molecule has 2 aromatic rings. The summed E-state index contributed by atoms with van der Waals surface area (Å²) >= 11 is 1.30. The fourth-order valence-corrected chi connectivity index (χ4v) is 6.27. The first-order valence-corrected chi connectivity index (χ1v) is 14.9. The molecular weight excluding hydrogens is 544 g/mol. The van der Waals surface area contributed by atoms with E-state index >= 15 is 0 Å². The van der Waals surface area contributed by atoms with Crippen molar-refractivity contribution in [1.82, 2.24) is 20.0 Å². The third kappa shape index (κ3) is 7.80. The minimum Gasteiger partial charge on any atom is -0.375 e. The molecule has 4 rings (SSSR count). The van der Waals surface area contributed by atoms with E-state index in [2.05, 4.69) is 5.32 Å². The number of fused-ring (bicyclic) bond motifs is 2. The topological polar surface area (TPSA) is 116 Å². The van der Waals surface area contributed by atoms with Gasteiger partial charge in [-0.3, -0.25) is 24.0 Å². The Kier molecular flexibility index (Phi) is 10.6. The van der Waals surface area contributed by atoms with Gasteiger partial charge in [0.25, 0.3) is 5.91 Å². The number of methoxy groups -OCH3 is 1. The average molecular weight is 583 g/mol. The van der Waals surface area contributed by atoms with Crippen LogP contribution >= 0.6 is 11.3 Å². The summed E-state index contributed by atoms with van der Waals surface area (Å²) in [6.45, 7) is 3.51. The molecule has 2 aliphatic rings. The predicted octanol–water partition coefficient (Wildman–Crippen LogP) is 2.38. The Morgan fingerprint density at radius 1 is 1.00 bits per heavy atom. The Morgan fingerprint density at radius 2 is 1.76 bits per heavy atom. The Labute approximate surface area is 244 Å². The minimum atomic E-state index is -0.702. The van der Waals surface area contributed by atoms with Gasteiger partial charge in [0.2, 0.25) is 17.7 Å². The summed E-state index contributed by atoms with van der Waals surface area (Å²) in [5.41, 5.74) is 1.26. The van der Waals surface area contributed by atoms with Crippen LogP contribution in [0.15, 0.2) is 41.8 Å². The van der Waals surface area contributed by atoms with Crippen LogP contribution in [-0.4, -0.2) is 103 Å². The molecule has 220 valence electrons. The van der Waals surface area contributed by atoms with Crippen molar-refractivity contribution in [2.24, 2.45) is 0 Å². The van der Waals surface area contributed by atoms with Crippen molar-refractivity contribution >= 4 is 40.7 Å². The van der Waals surface area contributed by atoms with Gasteiger partial charge in [0.05, 0.1) is 17.3 Å². The maximum Gasteiger partial charge on any atom is 0.254 e. The Morgan fingerprint density at radius 3 is 2.46 bits per heavy atom. The molecule has 4 amide bonds. The highest BCUT2D eigenvalue weighted by Gasteiger charge is 2.43. The zero-order valence-corrected chi connectivity index (χ0v) is 24.5. The highest BCUT2D eigenvalue weighted by atomic mass is 32.1. The monoisotopic (exact) mass is 582 g/mol. The van der Waals surface area contributed by atoms with Gasteiger partial charge in [-0.1, -0.05) is 18.2 Å². The third-order valence-electron chi connectivity index (χ3n) is 7.58. The highest BCUT2D eigenvalue weighted by molar-refractivity contribution is 7.12. The minimum absolute atomic E-state index is 0.0111. The summed E-state index contributed by atoms with van der Waals surface area (Å²) in [5.74, 6) is -0.791. The van der Waals surface area contributed by atoms with Gasteiger partial charge >= 0.3 is 0 Å².